The predicted octanol–water partition coefficient (Wildman–Crippen LogP) is 3.85. The molecule has 0 spiro atoms. The minimum Gasteiger partial charge on any atom is -0.291 e. The van der Waals surface area contributed by atoms with E-state index < -0.39 is 10.0 Å². The molecule has 150 valence electrons. The van der Waals surface area contributed by atoms with E-state index in [-0.39, 0.29) is 12.1 Å². The van der Waals surface area contributed by atoms with Gasteiger partial charge in [0.2, 0.25) is 10.0 Å². The van der Waals surface area contributed by atoms with E-state index in [2.05, 4.69) is 43.0 Å². The minimum atomic E-state index is -3.45. The molecule has 2 aromatic rings. The zero-order valence-corrected chi connectivity index (χ0v) is 17.7. The van der Waals surface area contributed by atoms with Crippen LogP contribution in [-0.2, 0) is 29.4 Å². The third kappa shape index (κ3) is 3.88. The van der Waals surface area contributed by atoms with E-state index in [1.165, 1.54) is 23.1 Å². The van der Waals surface area contributed by atoms with Gasteiger partial charge in [0, 0.05) is 31.7 Å². The maximum atomic E-state index is 13.3. The van der Waals surface area contributed by atoms with Crippen LogP contribution < -0.4 is 0 Å². The fraction of sp³-hybridized carbons (Fsp3) is 0.478. The van der Waals surface area contributed by atoms with E-state index in [0.717, 1.165) is 25.8 Å². The number of hydrogen-bond donors (Lipinski definition) is 0. The number of sulfonamides is 1. The summed E-state index contributed by atoms with van der Waals surface area (Å²) in [4.78, 5) is 2.87. The normalized spacial score (nSPS) is 24.1. The number of piperazine rings is 1. The molecule has 4 rings (SSSR count). The van der Waals surface area contributed by atoms with Gasteiger partial charge in [0.25, 0.3) is 0 Å². The van der Waals surface area contributed by atoms with Gasteiger partial charge < -0.3 is 0 Å². The van der Waals surface area contributed by atoms with Crippen LogP contribution >= 0.6 is 0 Å². The highest BCUT2D eigenvalue weighted by molar-refractivity contribution is 7.89. The van der Waals surface area contributed by atoms with Gasteiger partial charge in [-0.2, -0.15) is 4.31 Å². The fourth-order valence-corrected chi connectivity index (χ4v) is 6.28. The van der Waals surface area contributed by atoms with Crippen molar-refractivity contribution in [3.8, 4) is 0 Å². The molecule has 5 heteroatoms. The van der Waals surface area contributed by atoms with Crippen molar-refractivity contribution in [3.05, 3.63) is 65.2 Å². The molecule has 2 aliphatic rings. The Balaban J connectivity index is 1.52. The number of aryl methyl sites for hydroxylation is 2. The topological polar surface area (TPSA) is 40.6 Å². The van der Waals surface area contributed by atoms with Crippen LogP contribution in [0.1, 0.15) is 43.4 Å². The van der Waals surface area contributed by atoms with Crippen LogP contribution in [0, 0.1) is 0 Å². The zero-order chi connectivity index (χ0) is 19.7. The Kier molecular flexibility index (Phi) is 5.59. The smallest absolute Gasteiger partial charge is 0.243 e. The molecule has 0 amide bonds. The van der Waals surface area contributed by atoms with Crippen LogP contribution in [-0.4, -0.2) is 42.8 Å². The van der Waals surface area contributed by atoms with Crippen LogP contribution in [0.15, 0.2) is 53.4 Å². The van der Waals surface area contributed by atoms with Crippen LogP contribution in [0.4, 0.5) is 0 Å². The SMILES string of the molecule is CC1CN(S(=O)(=O)c2ccc3c(c2)CCCC3)CC(C)N1Cc1ccccc1. The van der Waals surface area contributed by atoms with Crippen molar-refractivity contribution in [3.63, 3.8) is 0 Å². The van der Waals surface area contributed by atoms with Gasteiger partial charge in [0.15, 0.2) is 0 Å². The monoisotopic (exact) mass is 398 g/mol. The standard InChI is InChI=1S/C23H30N2O2S/c1-18-15-24(16-19(2)25(18)17-20-8-4-3-5-9-20)28(26,27)23-13-12-21-10-6-7-11-22(21)14-23/h3-5,8-9,12-14,18-19H,6-7,10-11,15-17H2,1-2H3. The van der Waals surface area contributed by atoms with Crippen molar-refractivity contribution in [1.29, 1.82) is 0 Å². The Labute approximate surface area is 169 Å². The molecule has 0 bridgehead atoms. The molecule has 0 aromatic heterocycles. The summed E-state index contributed by atoms with van der Waals surface area (Å²) in [6.07, 6.45) is 4.43. The lowest BCUT2D eigenvalue weighted by atomic mass is 9.92. The number of benzene rings is 2. The second kappa shape index (κ2) is 7.97. The van der Waals surface area contributed by atoms with E-state index in [1.807, 2.05) is 24.3 Å². The van der Waals surface area contributed by atoms with Gasteiger partial charge in [-0.05, 0) is 68.4 Å². The van der Waals surface area contributed by atoms with Crippen molar-refractivity contribution >= 4 is 10.0 Å². The summed E-state index contributed by atoms with van der Waals surface area (Å²) in [6.45, 7) is 6.20. The summed E-state index contributed by atoms with van der Waals surface area (Å²) < 4.78 is 28.4. The van der Waals surface area contributed by atoms with Gasteiger partial charge in [-0.15, -0.1) is 0 Å². The number of fused-ring (bicyclic) bond motifs is 1. The highest BCUT2D eigenvalue weighted by Gasteiger charge is 2.36. The first-order chi connectivity index (χ1) is 13.4. The highest BCUT2D eigenvalue weighted by atomic mass is 32.2. The van der Waals surface area contributed by atoms with Gasteiger partial charge >= 0.3 is 0 Å². The van der Waals surface area contributed by atoms with E-state index in [0.29, 0.717) is 18.0 Å². The van der Waals surface area contributed by atoms with Crippen molar-refractivity contribution in [2.75, 3.05) is 13.1 Å². The average molecular weight is 399 g/mol. The molecule has 28 heavy (non-hydrogen) atoms. The van der Waals surface area contributed by atoms with E-state index in [9.17, 15) is 8.42 Å². The molecular weight excluding hydrogens is 368 g/mol. The molecule has 2 aromatic carbocycles. The molecule has 4 nitrogen and oxygen atoms in total. The largest absolute Gasteiger partial charge is 0.291 e. The Morgan fingerprint density at radius 2 is 1.54 bits per heavy atom. The Bertz CT molecular complexity index is 915. The van der Waals surface area contributed by atoms with Gasteiger partial charge in [-0.25, -0.2) is 8.42 Å². The summed E-state index contributed by atoms with van der Waals surface area (Å²) in [6, 6.07) is 16.5. The summed E-state index contributed by atoms with van der Waals surface area (Å²) in [5.74, 6) is 0. The van der Waals surface area contributed by atoms with Gasteiger partial charge in [0.1, 0.15) is 0 Å². The first-order valence-corrected chi connectivity index (χ1v) is 11.8. The molecule has 0 N–H and O–H groups in total. The van der Waals surface area contributed by atoms with Crippen LogP contribution in [0.5, 0.6) is 0 Å². The van der Waals surface area contributed by atoms with E-state index in [1.54, 1.807) is 4.31 Å². The number of rotatable bonds is 4. The molecule has 2 unspecified atom stereocenters. The average Bonchev–Trinajstić information content (AvgIpc) is 2.71. The molecule has 0 radical (unpaired) electrons. The molecule has 2 atom stereocenters. The summed E-state index contributed by atoms with van der Waals surface area (Å²) in [7, 11) is -3.45. The molecular formula is C23H30N2O2S. The molecule has 1 aliphatic carbocycles. The molecule has 1 aliphatic heterocycles. The predicted molar refractivity (Wildman–Crippen MR) is 113 cm³/mol. The zero-order valence-electron chi connectivity index (χ0n) is 16.8. The first-order valence-electron chi connectivity index (χ1n) is 10.4. The molecule has 1 saturated heterocycles. The minimum absolute atomic E-state index is 0.177. The second-order valence-corrected chi connectivity index (χ2v) is 10.3. The maximum Gasteiger partial charge on any atom is 0.243 e. The van der Waals surface area contributed by atoms with Crippen LogP contribution in [0.2, 0.25) is 0 Å². The fourth-order valence-electron chi connectivity index (χ4n) is 4.63. The van der Waals surface area contributed by atoms with E-state index in [4.69, 9.17) is 0 Å². The lowest BCUT2D eigenvalue weighted by Gasteiger charge is -2.43. The van der Waals surface area contributed by atoms with Crippen LogP contribution in [0.25, 0.3) is 0 Å². The van der Waals surface area contributed by atoms with Crippen LogP contribution in [0.3, 0.4) is 0 Å². The van der Waals surface area contributed by atoms with Gasteiger partial charge in [-0.3, -0.25) is 4.90 Å². The lowest BCUT2D eigenvalue weighted by molar-refractivity contribution is 0.0699. The van der Waals surface area contributed by atoms with Crippen molar-refractivity contribution in [2.24, 2.45) is 0 Å². The highest BCUT2D eigenvalue weighted by Crippen LogP contribution is 2.28. The Morgan fingerprint density at radius 3 is 2.21 bits per heavy atom. The Hall–Kier alpha value is -1.69. The summed E-state index contributed by atoms with van der Waals surface area (Å²) >= 11 is 0. The molecule has 1 heterocycles. The summed E-state index contributed by atoms with van der Waals surface area (Å²) in [5, 5.41) is 0. The molecule has 0 saturated carbocycles. The third-order valence-electron chi connectivity index (χ3n) is 6.23. The molecule has 1 fully saturated rings. The number of nitrogens with zero attached hydrogens (tertiary/aromatic N) is 2. The van der Waals surface area contributed by atoms with Gasteiger partial charge in [-0.1, -0.05) is 36.4 Å². The van der Waals surface area contributed by atoms with Crippen molar-refractivity contribution in [1.82, 2.24) is 9.21 Å². The first kappa shape index (κ1) is 19.6. The van der Waals surface area contributed by atoms with Crippen molar-refractivity contribution in [2.45, 2.75) is 63.1 Å². The van der Waals surface area contributed by atoms with Crippen molar-refractivity contribution < 1.29 is 8.42 Å². The Morgan fingerprint density at radius 1 is 0.893 bits per heavy atom. The summed E-state index contributed by atoms with van der Waals surface area (Å²) in [5.41, 5.74) is 3.81. The second-order valence-electron chi connectivity index (χ2n) is 8.32. The quantitative estimate of drug-likeness (QED) is 0.785. The third-order valence-corrected chi connectivity index (χ3v) is 8.06. The van der Waals surface area contributed by atoms with E-state index >= 15 is 0 Å². The number of hydrogen-bond acceptors (Lipinski definition) is 3. The lowest BCUT2D eigenvalue weighted by Crippen LogP contribution is -2.57. The maximum absolute atomic E-state index is 13.3. The van der Waals surface area contributed by atoms with Gasteiger partial charge in [0.05, 0.1) is 4.90 Å².